The lowest BCUT2D eigenvalue weighted by Crippen LogP contribution is -2.45. The highest BCUT2D eigenvalue weighted by Gasteiger charge is 2.45. The van der Waals surface area contributed by atoms with Crippen molar-refractivity contribution in [2.75, 3.05) is 54.1 Å². The molecule has 5 amide bonds. The molecule has 17 heteroatoms. The monoisotopic (exact) mass is 900 g/mol. The van der Waals surface area contributed by atoms with Crippen LogP contribution in [0.2, 0.25) is 0 Å². The third-order valence-corrected chi connectivity index (χ3v) is 11.1. The molecule has 2 aromatic carbocycles. The lowest BCUT2D eigenvalue weighted by Gasteiger charge is -2.29. The van der Waals surface area contributed by atoms with Crippen LogP contribution in [0, 0.1) is 18.2 Å². The van der Waals surface area contributed by atoms with Crippen LogP contribution in [0.15, 0.2) is 64.3 Å². The van der Waals surface area contributed by atoms with E-state index in [9.17, 15) is 28.4 Å². The van der Waals surface area contributed by atoms with Gasteiger partial charge >= 0.3 is 0 Å². The van der Waals surface area contributed by atoms with Gasteiger partial charge in [0, 0.05) is 24.3 Å². The Labute approximate surface area is 369 Å². The number of carbonyl (C=O) groups is 5. The summed E-state index contributed by atoms with van der Waals surface area (Å²) in [5, 5.41) is 0. The molecule has 3 aromatic rings. The minimum atomic E-state index is -1.08. The number of aryl methyl sites for hydroxylation is 2. The molecule has 0 bridgehead atoms. The first kappa shape index (κ1) is 47.1. The van der Waals surface area contributed by atoms with Crippen LogP contribution < -0.4 is 19.4 Å². The number of alkyl halides is 3. The van der Waals surface area contributed by atoms with Gasteiger partial charge < -0.3 is 23.5 Å². The number of imide groups is 1. The van der Waals surface area contributed by atoms with E-state index in [0.29, 0.717) is 36.3 Å². The number of furan rings is 1. The van der Waals surface area contributed by atoms with Gasteiger partial charge in [0.2, 0.25) is 5.91 Å². The number of anilines is 3. The number of nitrogens with zero attached hydrogens (tertiary/aromatic N) is 4. The Kier molecular flexibility index (Phi) is 16.1. The highest BCUT2D eigenvalue weighted by Crippen LogP contribution is 2.42. The number of fused-ring (bicyclic) bond motifs is 1. The van der Waals surface area contributed by atoms with Gasteiger partial charge in [0.1, 0.15) is 35.9 Å². The first-order valence-corrected chi connectivity index (χ1v) is 21.1. The predicted octanol–water partition coefficient (Wildman–Crippen LogP) is 7.63. The third kappa shape index (κ3) is 10.2. The molecule has 3 aliphatic heterocycles. The van der Waals surface area contributed by atoms with Gasteiger partial charge in [0.05, 0.1) is 36.4 Å². The van der Waals surface area contributed by atoms with Gasteiger partial charge in [-0.1, -0.05) is 61.2 Å². The number of rotatable bonds is 10. The maximum absolute atomic E-state index is 14.7. The van der Waals surface area contributed by atoms with E-state index in [2.05, 4.69) is 19.8 Å². The van der Waals surface area contributed by atoms with E-state index < -0.39 is 28.2 Å². The van der Waals surface area contributed by atoms with Crippen LogP contribution in [0.3, 0.4) is 0 Å². The predicted molar refractivity (Wildman–Crippen MR) is 230 cm³/mol. The van der Waals surface area contributed by atoms with E-state index >= 15 is 0 Å². The van der Waals surface area contributed by atoms with Crippen LogP contribution in [-0.2, 0) is 46.3 Å². The number of carbonyl (C=O) groups excluding carboxylic acids is 5. The Morgan fingerprint density at radius 2 is 1.66 bits per heavy atom. The summed E-state index contributed by atoms with van der Waals surface area (Å²) in [5.74, 6) is 0.573. The number of benzene rings is 2. The van der Waals surface area contributed by atoms with Crippen LogP contribution in [0.25, 0.3) is 0 Å². The summed E-state index contributed by atoms with van der Waals surface area (Å²) in [6, 6.07) is 12.1. The van der Waals surface area contributed by atoms with E-state index in [1.807, 2.05) is 24.3 Å². The maximum Gasteiger partial charge on any atom is 0.265 e. The summed E-state index contributed by atoms with van der Waals surface area (Å²) in [7, 11) is 1.58. The van der Waals surface area contributed by atoms with E-state index in [0.717, 1.165) is 53.5 Å². The summed E-state index contributed by atoms with van der Waals surface area (Å²) in [6.45, 7) is 8.10. The standard InChI is InChI=1S/C19H15FN2O4.C14H20ClNO2.C11H13Cl2NO3/c1-2-7-21-15-9-14(13(20)8-16(15)26-10-17(21)23)22-18(24)11-5-3-4-6-12(11)19(22)25;1-4-11-7-6-8-12(5-2)14(11)16(10-18-3)13(17)9-15;1-11(2)14(10(15)9(12)13)6-8(17-11)7-4-3-5-16-7/h1,8-9H,3-7,10H2;6-8H,4-5,9-10H2,1-3H3;3-5,8-9H,6H2,1-2H3. The molecule has 0 spiro atoms. The molecule has 1 saturated heterocycles. The van der Waals surface area contributed by atoms with Gasteiger partial charge in [-0.05, 0) is 81.7 Å². The minimum Gasteiger partial charge on any atom is -0.481 e. The average Bonchev–Trinajstić information content (AvgIpc) is 3.97. The molecular weight excluding hydrogens is 854 g/mol. The lowest BCUT2D eigenvalue weighted by atomic mass is 9.93. The molecule has 4 aliphatic rings. The summed E-state index contributed by atoms with van der Waals surface area (Å²) in [4.78, 5) is 65.4. The fraction of sp³-hybridized carbons (Fsp3) is 0.432. The highest BCUT2D eigenvalue weighted by molar-refractivity contribution is 6.53. The first-order valence-electron chi connectivity index (χ1n) is 19.7. The number of terminal acetylenes is 1. The fourth-order valence-corrected chi connectivity index (χ4v) is 7.94. The van der Waals surface area contributed by atoms with Crippen molar-refractivity contribution in [3.05, 3.63) is 82.6 Å². The second-order valence-electron chi connectivity index (χ2n) is 14.7. The Morgan fingerprint density at radius 3 is 2.18 bits per heavy atom. The van der Waals surface area contributed by atoms with Gasteiger partial charge in [-0.25, -0.2) is 9.29 Å². The summed E-state index contributed by atoms with van der Waals surface area (Å²) in [5.41, 5.74) is 3.49. The molecule has 13 nitrogen and oxygen atoms in total. The smallest absolute Gasteiger partial charge is 0.265 e. The number of ether oxygens (including phenoxy) is 3. The summed E-state index contributed by atoms with van der Waals surface area (Å²) >= 11 is 16.9. The maximum atomic E-state index is 14.7. The molecule has 0 N–H and O–H groups in total. The molecule has 1 unspecified atom stereocenters. The molecule has 1 atom stereocenters. The largest absolute Gasteiger partial charge is 0.481 e. The Morgan fingerprint density at radius 1 is 1.02 bits per heavy atom. The molecule has 1 aromatic heterocycles. The molecule has 61 heavy (non-hydrogen) atoms. The van der Waals surface area contributed by atoms with Crippen LogP contribution in [0.1, 0.15) is 76.4 Å². The van der Waals surface area contributed by atoms with Gasteiger partial charge in [0.15, 0.2) is 17.3 Å². The SMILES string of the molecule is C#CCN1C(=O)COc2cc(F)c(N3C(=O)C4=C(CCCC4)C3=O)cc21.CC1(C)OC(c2ccco2)CN1C(=O)C(Cl)Cl.CCc1cccc(CC)c1N(COC)C(=O)CCl. The second-order valence-corrected chi connectivity index (χ2v) is 16.0. The average molecular weight is 902 g/mol. The molecule has 1 fully saturated rings. The Balaban J connectivity index is 0.000000179. The zero-order chi connectivity index (χ0) is 44.6. The van der Waals surface area contributed by atoms with E-state index in [-0.39, 0.29) is 66.7 Å². The zero-order valence-electron chi connectivity index (χ0n) is 34.6. The quantitative estimate of drug-likeness (QED) is 0.0870. The van der Waals surface area contributed by atoms with E-state index in [4.69, 9.17) is 59.9 Å². The van der Waals surface area contributed by atoms with E-state index in [1.165, 1.54) is 15.9 Å². The highest BCUT2D eigenvalue weighted by atomic mass is 35.5. The molecule has 0 radical (unpaired) electrons. The van der Waals surface area contributed by atoms with Crippen LogP contribution >= 0.6 is 34.8 Å². The van der Waals surface area contributed by atoms with Crippen molar-refractivity contribution >= 4 is 81.4 Å². The van der Waals surface area contributed by atoms with Gasteiger partial charge in [-0.15, -0.1) is 18.0 Å². The Bertz CT molecular complexity index is 2150. The third-order valence-electron chi connectivity index (χ3n) is 10.5. The number of para-hydroxylation sites is 1. The van der Waals surface area contributed by atoms with Crippen molar-refractivity contribution in [1.82, 2.24) is 4.90 Å². The number of amides is 5. The van der Waals surface area contributed by atoms with Crippen molar-refractivity contribution in [2.24, 2.45) is 0 Å². The van der Waals surface area contributed by atoms with Gasteiger partial charge in [0.25, 0.3) is 23.6 Å². The molecule has 7 rings (SSSR count). The summed E-state index contributed by atoms with van der Waals surface area (Å²) in [6.07, 6.45) is 11.0. The van der Waals surface area contributed by atoms with Crippen LogP contribution in [-0.4, -0.2) is 84.4 Å². The van der Waals surface area contributed by atoms with Crippen molar-refractivity contribution < 1.29 is 47.0 Å². The van der Waals surface area contributed by atoms with E-state index in [1.54, 1.807) is 38.2 Å². The van der Waals surface area contributed by atoms with Crippen LogP contribution in [0.4, 0.5) is 21.5 Å². The zero-order valence-corrected chi connectivity index (χ0v) is 36.9. The molecule has 4 heterocycles. The second kappa shape index (κ2) is 20.8. The number of methoxy groups -OCH3 is 1. The normalized spacial score (nSPS) is 17.8. The van der Waals surface area contributed by atoms with Gasteiger partial charge in [-0.3, -0.25) is 33.8 Å². The van der Waals surface area contributed by atoms with Gasteiger partial charge in [-0.2, -0.15) is 0 Å². The molecule has 326 valence electrons. The minimum absolute atomic E-state index is 0.0170. The number of hydrogen-bond acceptors (Lipinski definition) is 9. The molecular formula is C44H48Cl3FN4O9. The number of hydrogen-bond donors (Lipinski definition) is 0. The van der Waals surface area contributed by atoms with Crippen molar-refractivity contribution in [3.8, 4) is 18.1 Å². The van der Waals surface area contributed by atoms with Crippen molar-refractivity contribution in [2.45, 2.75) is 82.9 Å². The number of halogens is 4. The van der Waals surface area contributed by atoms with Crippen molar-refractivity contribution in [1.29, 1.82) is 0 Å². The van der Waals surface area contributed by atoms with Crippen LogP contribution in [0.5, 0.6) is 5.75 Å². The first-order chi connectivity index (χ1) is 29.1. The Hall–Kier alpha value is -4.91. The lowest BCUT2D eigenvalue weighted by molar-refractivity contribution is -0.144. The molecule has 0 saturated carbocycles. The summed E-state index contributed by atoms with van der Waals surface area (Å²) < 4.78 is 36.1. The topological polar surface area (TPSA) is 139 Å². The van der Waals surface area contributed by atoms with Crippen molar-refractivity contribution in [3.63, 3.8) is 0 Å². The fourth-order valence-electron chi connectivity index (χ4n) is 7.56. The molecule has 1 aliphatic carbocycles.